The minimum Gasteiger partial charge on any atom is -0.462 e. The summed E-state index contributed by atoms with van der Waals surface area (Å²) in [7, 11) is 0. The van der Waals surface area contributed by atoms with E-state index < -0.39 is 41.1 Å². The van der Waals surface area contributed by atoms with E-state index in [1.54, 1.807) is 25.3 Å². The minimum absolute atomic E-state index is 0.0643. The first-order chi connectivity index (χ1) is 20.9. The third kappa shape index (κ3) is 8.59. The number of alkyl halides is 3. The molecule has 0 aliphatic carbocycles. The second-order valence-electron chi connectivity index (χ2n) is 9.17. The Morgan fingerprint density at radius 2 is 1.70 bits per heavy atom. The van der Waals surface area contributed by atoms with Gasteiger partial charge in [0, 0.05) is 6.54 Å². The highest BCUT2D eigenvalue weighted by Crippen LogP contribution is 2.35. The fraction of sp³-hybridized carbons (Fsp3) is 0.429. The van der Waals surface area contributed by atoms with Crippen molar-refractivity contribution in [1.29, 1.82) is 0 Å². The average molecular weight is 656 g/mol. The number of ether oxygens (including phenoxy) is 2. The number of hydrogen-bond donors (Lipinski definition) is 2. The smallest absolute Gasteiger partial charge is 0.417 e. The number of thiophene rings is 1. The summed E-state index contributed by atoms with van der Waals surface area (Å²) in [5, 5.41) is 13.9. The van der Waals surface area contributed by atoms with Crippen molar-refractivity contribution in [3.8, 4) is 0 Å². The zero-order chi connectivity index (χ0) is 32.4. The van der Waals surface area contributed by atoms with Gasteiger partial charge in [-0.15, -0.1) is 21.5 Å². The van der Waals surface area contributed by atoms with Gasteiger partial charge in [0.1, 0.15) is 9.88 Å². The van der Waals surface area contributed by atoms with Gasteiger partial charge < -0.3 is 24.7 Å². The molecular weight excluding hydrogens is 623 g/mol. The number of aromatic nitrogens is 3. The van der Waals surface area contributed by atoms with Crippen LogP contribution >= 0.6 is 23.1 Å². The Kier molecular flexibility index (Phi) is 12.3. The van der Waals surface area contributed by atoms with Crippen LogP contribution in [0.15, 0.2) is 29.4 Å². The van der Waals surface area contributed by atoms with Crippen molar-refractivity contribution in [3.63, 3.8) is 0 Å². The molecule has 3 rings (SSSR count). The molecule has 0 aliphatic rings. The van der Waals surface area contributed by atoms with Crippen molar-refractivity contribution in [2.45, 2.75) is 65.0 Å². The maximum Gasteiger partial charge on any atom is 0.417 e. The number of carbonyl (C=O) groups is 4. The molecule has 2 aromatic heterocycles. The van der Waals surface area contributed by atoms with E-state index in [4.69, 9.17) is 9.47 Å². The molecule has 11 nitrogen and oxygen atoms in total. The lowest BCUT2D eigenvalue weighted by molar-refractivity contribution is -0.138. The fourth-order valence-electron chi connectivity index (χ4n) is 4.01. The maximum atomic E-state index is 13.4. The van der Waals surface area contributed by atoms with Crippen LogP contribution in [0.3, 0.4) is 0 Å². The molecule has 3 aromatic rings. The van der Waals surface area contributed by atoms with Gasteiger partial charge in [0.05, 0.1) is 42.2 Å². The van der Waals surface area contributed by atoms with Crippen molar-refractivity contribution < 1.29 is 41.8 Å². The number of anilines is 1. The average Bonchev–Trinajstić information content (AvgIpc) is 3.52. The molecule has 44 heavy (non-hydrogen) atoms. The number of benzene rings is 1. The molecule has 0 radical (unpaired) electrons. The van der Waals surface area contributed by atoms with E-state index >= 15 is 0 Å². The van der Waals surface area contributed by atoms with E-state index in [0.29, 0.717) is 29.5 Å². The number of hydrogen-bond acceptors (Lipinski definition) is 10. The Morgan fingerprint density at radius 3 is 2.36 bits per heavy atom. The van der Waals surface area contributed by atoms with Crippen LogP contribution in [0.5, 0.6) is 0 Å². The number of carbonyl (C=O) groups excluding carboxylic acids is 4. The van der Waals surface area contributed by atoms with E-state index in [-0.39, 0.29) is 41.0 Å². The molecule has 16 heteroatoms. The lowest BCUT2D eigenvalue weighted by atomic mass is 10.1. The molecule has 0 saturated carbocycles. The number of unbranched alkanes of at least 4 members (excludes halogenated alkanes) is 1. The summed E-state index contributed by atoms with van der Waals surface area (Å²) < 4.78 is 52.0. The molecule has 0 aliphatic heterocycles. The van der Waals surface area contributed by atoms with E-state index in [1.807, 2.05) is 6.92 Å². The first kappa shape index (κ1) is 34.6. The van der Waals surface area contributed by atoms with Gasteiger partial charge in [-0.25, -0.2) is 9.59 Å². The van der Waals surface area contributed by atoms with Gasteiger partial charge in [-0.05, 0) is 44.9 Å². The quantitative estimate of drug-likeness (QED) is 0.171. The molecule has 0 bridgehead atoms. The van der Waals surface area contributed by atoms with Crippen LogP contribution in [0.1, 0.15) is 81.0 Å². The number of esters is 2. The van der Waals surface area contributed by atoms with Crippen molar-refractivity contribution in [2.75, 3.05) is 24.3 Å². The molecule has 0 saturated heterocycles. The van der Waals surface area contributed by atoms with Gasteiger partial charge in [-0.3, -0.25) is 9.59 Å². The Morgan fingerprint density at radius 1 is 1.02 bits per heavy atom. The van der Waals surface area contributed by atoms with Crippen molar-refractivity contribution in [1.82, 2.24) is 20.1 Å². The minimum atomic E-state index is -4.70. The highest BCUT2D eigenvalue weighted by atomic mass is 32.2. The van der Waals surface area contributed by atoms with E-state index in [1.165, 1.54) is 12.1 Å². The third-order valence-corrected chi connectivity index (χ3v) is 8.24. The van der Waals surface area contributed by atoms with E-state index in [2.05, 4.69) is 20.8 Å². The van der Waals surface area contributed by atoms with Gasteiger partial charge in [0.25, 0.3) is 5.91 Å². The number of thioether (sulfide) groups is 1. The lowest BCUT2D eigenvalue weighted by Gasteiger charge is -2.13. The maximum absolute atomic E-state index is 13.4. The Hall–Kier alpha value is -3.92. The van der Waals surface area contributed by atoms with Crippen LogP contribution in [0.2, 0.25) is 0 Å². The van der Waals surface area contributed by atoms with Gasteiger partial charge in [-0.2, -0.15) is 13.2 Å². The first-order valence-electron chi connectivity index (χ1n) is 13.7. The van der Waals surface area contributed by atoms with Crippen LogP contribution in [-0.2, 0) is 33.5 Å². The fourth-order valence-corrected chi connectivity index (χ4v) is 5.90. The molecule has 0 atom stereocenters. The molecule has 0 spiro atoms. The summed E-state index contributed by atoms with van der Waals surface area (Å²) in [4.78, 5) is 50.8. The van der Waals surface area contributed by atoms with Crippen LogP contribution in [0.25, 0.3) is 0 Å². The summed E-state index contributed by atoms with van der Waals surface area (Å²) in [6, 6.07) is 4.48. The number of rotatable bonds is 14. The molecule has 2 N–H and O–H groups in total. The van der Waals surface area contributed by atoms with Gasteiger partial charge >= 0.3 is 18.1 Å². The highest BCUT2D eigenvalue weighted by Gasteiger charge is 2.35. The first-order valence-corrected chi connectivity index (χ1v) is 15.5. The molecular formula is C28H32F3N5O6S2. The Labute approximate surface area is 259 Å². The summed E-state index contributed by atoms with van der Waals surface area (Å²) in [5.74, 6) is -2.58. The van der Waals surface area contributed by atoms with Crippen LogP contribution in [-0.4, -0.2) is 57.5 Å². The predicted octanol–water partition coefficient (Wildman–Crippen LogP) is 5.48. The molecule has 2 heterocycles. The molecule has 2 amide bonds. The SMILES string of the molecule is CCCCn1c(CNC(=O)c2ccccc2C(F)(F)F)nnc1SCC(=O)Nc1sc(C(=O)OCC)c(C)c1C(=O)OCC. The summed E-state index contributed by atoms with van der Waals surface area (Å²) in [6.07, 6.45) is -3.17. The van der Waals surface area contributed by atoms with Crippen LogP contribution < -0.4 is 10.6 Å². The lowest BCUT2D eigenvalue weighted by Crippen LogP contribution is -2.27. The second-order valence-corrected chi connectivity index (χ2v) is 11.1. The van der Waals surface area contributed by atoms with Gasteiger partial charge in [-0.1, -0.05) is 37.2 Å². The standard InChI is InChI=1S/C28H32F3N5O6S2/c1-5-8-13-36-19(14-32-23(38)17-11-9-10-12-18(17)28(29,30)31)34-35-27(36)43-15-20(37)33-24-21(25(39)41-6-2)16(4)22(44-24)26(40)42-7-3/h9-12H,5-8,13-15H2,1-4H3,(H,32,38)(H,33,37). The van der Waals surface area contributed by atoms with E-state index in [9.17, 15) is 32.3 Å². The molecule has 0 fully saturated rings. The normalized spacial score (nSPS) is 11.2. The third-order valence-electron chi connectivity index (χ3n) is 6.09. The summed E-state index contributed by atoms with van der Waals surface area (Å²) in [6.45, 7) is 7.30. The summed E-state index contributed by atoms with van der Waals surface area (Å²) in [5.41, 5.74) is -1.16. The van der Waals surface area contributed by atoms with Crippen molar-refractivity contribution in [2.24, 2.45) is 0 Å². The Balaban J connectivity index is 1.75. The van der Waals surface area contributed by atoms with Crippen molar-refractivity contribution in [3.05, 3.63) is 57.2 Å². The Bertz CT molecular complexity index is 1510. The van der Waals surface area contributed by atoms with Crippen molar-refractivity contribution >= 4 is 51.9 Å². The zero-order valence-electron chi connectivity index (χ0n) is 24.5. The topological polar surface area (TPSA) is 142 Å². The number of nitrogens with zero attached hydrogens (tertiary/aromatic N) is 3. The summed E-state index contributed by atoms with van der Waals surface area (Å²) >= 11 is 1.95. The number of amides is 2. The van der Waals surface area contributed by atoms with Crippen LogP contribution in [0, 0.1) is 6.92 Å². The molecule has 238 valence electrons. The van der Waals surface area contributed by atoms with E-state index in [0.717, 1.165) is 41.7 Å². The largest absolute Gasteiger partial charge is 0.462 e. The van der Waals surface area contributed by atoms with Gasteiger partial charge in [0.2, 0.25) is 5.91 Å². The predicted molar refractivity (Wildman–Crippen MR) is 158 cm³/mol. The van der Waals surface area contributed by atoms with Crippen LogP contribution in [0.4, 0.5) is 18.2 Å². The highest BCUT2D eigenvalue weighted by molar-refractivity contribution is 7.99. The second kappa shape index (κ2) is 15.7. The zero-order valence-corrected chi connectivity index (χ0v) is 26.1. The number of nitrogens with one attached hydrogen (secondary N) is 2. The van der Waals surface area contributed by atoms with Gasteiger partial charge in [0.15, 0.2) is 11.0 Å². The number of halogens is 3. The molecule has 0 unspecified atom stereocenters. The molecule has 1 aromatic carbocycles. The monoisotopic (exact) mass is 655 g/mol.